The molecular weight excluding hydrogens is 192 g/mol. The number of aliphatic hydroxyl groups is 1. The molecule has 0 saturated heterocycles. The van der Waals surface area contributed by atoms with Crippen molar-refractivity contribution in [2.75, 3.05) is 13.2 Å². The molecule has 0 aromatic heterocycles. The number of benzene rings is 1. The molecule has 1 atom stereocenters. The van der Waals surface area contributed by atoms with Crippen LogP contribution in [0.1, 0.15) is 11.1 Å². The fraction of sp³-hybridized carbons (Fsp3) is 0.364. The highest BCUT2D eigenvalue weighted by molar-refractivity contribution is 5.41. The quantitative estimate of drug-likeness (QED) is 0.754. The number of nitrogens with zero attached hydrogens (tertiary/aromatic N) is 1. The number of rotatable bonds is 4. The Balaban J connectivity index is 2.72. The van der Waals surface area contributed by atoms with Crippen molar-refractivity contribution < 1.29 is 9.84 Å². The maximum absolute atomic E-state index is 9.22. The predicted octanol–water partition coefficient (Wildman–Crippen LogP) is 0.565. The number of hydrogen-bond acceptors (Lipinski definition) is 4. The molecule has 4 heteroatoms. The van der Waals surface area contributed by atoms with Crippen molar-refractivity contribution in [3.05, 3.63) is 29.3 Å². The third-order valence-corrected chi connectivity index (χ3v) is 2.02. The van der Waals surface area contributed by atoms with Crippen LogP contribution in [-0.4, -0.2) is 24.4 Å². The molecule has 1 aromatic rings. The third-order valence-electron chi connectivity index (χ3n) is 2.02. The summed E-state index contributed by atoms with van der Waals surface area (Å²) in [7, 11) is 0. The van der Waals surface area contributed by atoms with Gasteiger partial charge >= 0.3 is 0 Å². The second-order valence-electron chi connectivity index (χ2n) is 3.29. The molecule has 0 heterocycles. The van der Waals surface area contributed by atoms with Crippen LogP contribution in [0.15, 0.2) is 18.2 Å². The summed E-state index contributed by atoms with van der Waals surface area (Å²) in [5.74, 6) is 0.613. The Labute approximate surface area is 88.9 Å². The smallest absolute Gasteiger partial charge is 0.123 e. The van der Waals surface area contributed by atoms with Crippen LogP contribution >= 0.6 is 0 Å². The van der Waals surface area contributed by atoms with Gasteiger partial charge in [-0.1, -0.05) is 6.07 Å². The summed E-state index contributed by atoms with van der Waals surface area (Å²) >= 11 is 0. The number of nitriles is 1. The zero-order chi connectivity index (χ0) is 11.3. The van der Waals surface area contributed by atoms with Gasteiger partial charge in [0.2, 0.25) is 0 Å². The van der Waals surface area contributed by atoms with E-state index in [2.05, 4.69) is 0 Å². The van der Waals surface area contributed by atoms with E-state index in [4.69, 9.17) is 15.7 Å². The predicted molar refractivity (Wildman–Crippen MR) is 56.5 cm³/mol. The fourth-order valence-corrected chi connectivity index (χ4v) is 1.08. The molecule has 0 bridgehead atoms. The molecule has 0 spiro atoms. The van der Waals surface area contributed by atoms with Crippen LogP contribution in [-0.2, 0) is 0 Å². The normalized spacial score (nSPS) is 11.9. The molecule has 0 aliphatic carbocycles. The summed E-state index contributed by atoms with van der Waals surface area (Å²) in [6, 6.07) is 7.21. The Hall–Kier alpha value is -1.57. The van der Waals surface area contributed by atoms with Gasteiger partial charge in [-0.15, -0.1) is 0 Å². The molecule has 0 fully saturated rings. The molecule has 1 rings (SSSR count). The molecule has 15 heavy (non-hydrogen) atoms. The van der Waals surface area contributed by atoms with Crippen molar-refractivity contribution in [1.29, 1.82) is 5.26 Å². The SMILES string of the molecule is Cc1ccc(C#N)cc1OCC(O)CN. The van der Waals surface area contributed by atoms with Gasteiger partial charge in [-0.05, 0) is 24.6 Å². The topological polar surface area (TPSA) is 79.3 Å². The van der Waals surface area contributed by atoms with E-state index in [9.17, 15) is 5.11 Å². The summed E-state index contributed by atoms with van der Waals surface area (Å²) in [5.41, 5.74) is 6.72. The molecule has 0 amide bonds. The van der Waals surface area contributed by atoms with Crippen LogP contribution in [0, 0.1) is 18.3 Å². The van der Waals surface area contributed by atoms with Gasteiger partial charge in [0.25, 0.3) is 0 Å². The van der Waals surface area contributed by atoms with Crippen molar-refractivity contribution in [3.63, 3.8) is 0 Å². The van der Waals surface area contributed by atoms with Crippen molar-refractivity contribution in [2.45, 2.75) is 13.0 Å². The Morgan fingerprint density at radius 3 is 2.93 bits per heavy atom. The van der Waals surface area contributed by atoms with Gasteiger partial charge in [0.1, 0.15) is 18.5 Å². The van der Waals surface area contributed by atoms with Crippen LogP contribution in [0.5, 0.6) is 5.75 Å². The molecule has 0 aliphatic rings. The first-order chi connectivity index (χ1) is 7.17. The highest BCUT2D eigenvalue weighted by atomic mass is 16.5. The lowest BCUT2D eigenvalue weighted by molar-refractivity contribution is 0.114. The summed E-state index contributed by atoms with van der Waals surface area (Å²) in [6.45, 7) is 2.19. The Kier molecular flexibility index (Phi) is 4.10. The summed E-state index contributed by atoms with van der Waals surface area (Å²) in [5, 5.41) is 17.9. The van der Waals surface area contributed by atoms with Gasteiger partial charge in [-0.3, -0.25) is 0 Å². The molecule has 3 N–H and O–H groups in total. The molecule has 1 unspecified atom stereocenters. The van der Waals surface area contributed by atoms with E-state index in [1.54, 1.807) is 12.1 Å². The maximum Gasteiger partial charge on any atom is 0.123 e. The van der Waals surface area contributed by atoms with Crippen molar-refractivity contribution >= 4 is 0 Å². The molecule has 4 nitrogen and oxygen atoms in total. The van der Waals surface area contributed by atoms with E-state index in [1.807, 2.05) is 19.1 Å². The van der Waals surface area contributed by atoms with Gasteiger partial charge < -0.3 is 15.6 Å². The number of aryl methyl sites for hydroxylation is 1. The molecular formula is C11H14N2O2. The number of nitrogens with two attached hydrogens (primary N) is 1. The van der Waals surface area contributed by atoms with E-state index in [0.717, 1.165) is 5.56 Å². The van der Waals surface area contributed by atoms with Crippen molar-refractivity contribution in [2.24, 2.45) is 5.73 Å². The minimum atomic E-state index is -0.671. The first-order valence-electron chi connectivity index (χ1n) is 4.69. The van der Waals surface area contributed by atoms with Gasteiger partial charge in [0.05, 0.1) is 11.6 Å². The second-order valence-corrected chi connectivity index (χ2v) is 3.29. The number of ether oxygens (including phenoxy) is 1. The second kappa shape index (κ2) is 5.35. The van der Waals surface area contributed by atoms with Crippen LogP contribution < -0.4 is 10.5 Å². The Bertz CT molecular complexity index is 371. The van der Waals surface area contributed by atoms with E-state index < -0.39 is 6.10 Å². The monoisotopic (exact) mass is 206 g/mol. The fourth-order valence-electron chi connectivity index (χ4n) is 1.08. The zero-order valence-corrected chi connectivity index (χ0v) is 8.60. The first kappa shape index (κ1) is 11.5. The average Bonchev–Trinajstić information content (AvgIpc) is 2.27. The van der Waals surface area contributed by atoms with E-state index in [0.29, 0.717) is 11.3 Å². The Morgan fingerprint density at radius 1 is 1.60 bits per heavy atom. The third kappa shape index (κ3) is 3.24. The van der Waals surface area contributed by atoms with E-state index in [1.165, 1.54) is 0 Å². The summed E-state index contributed by atoms with van der Waals surface area (Å²) in [6.07, 6.45) is -0.671. The molecule has 0 saturated carbocycles. The van der Waals surface area contributed by atoms with Crippen LogP contribution in [0.2, 0.25) is 0 Å². The standard InChI is InChI=1S/C11H14N2O2/c1-8-2-3-9(5-12)4-11(8)15-7-10(14)6-13/h2-4,10,14H,6-7,13H2,1H3. The van der Waals surface area contributed by atoms with Crippen LogP contribution in [0.25, 0.3) is 0 Å². The Morgan fingerprint density at radius 2 is 2.33 bits per heavy atom. The summed E-state index contributed by atoms with van der Waals surface area (Å²) < 4.78 is 5.35. The number of hydrogen-bond donors (Lipinski definition) is 2. The summed E-state index contributed by atoms with van der Waals surface area (Å²) in [4.78, 5) is 0. The highest BCUT2D eigenvalue weighted by Gasteiger charge is 2.05. The van der Waals surface area contributed by atoms with Gasteiger partial charge in [-0.25, -0.2) is 0 Å². The van der Waals surface area contributed by atoms with E-state index in [-0.39, 0.29) is 13.2 Å². The van der Waals surface area contributed by atoms with E-state index >= 15 is 0 Å². The molecule has 0 radical (unpaired) electrons. The zero-order valence-electron chi connectivity index (χ0n) is 8.60. The van der Waals surface area contributed by atoms with Gasteiger partial charge in [0, 0.05) is 6.54 Å². The minimum absolute atomic E-state index is 0.145. The van der Waals surface area contributed by atoms with Crippen LogP contribution in [0.4, 0.5) is 0 Å². The van der Waals surface area contributed by atoms with Gasteiger partial charge in [-0.2, -0.15) is 5.26 Å². The molecule has 1 aromatic carbocycles. The molecule has 80 valence electrons. The maximum atomic E-state index is 9.22. The molecule has 0 aliphatic heterocycles. The lowest BCUT2D eigenvalue weighted by Gasteiger charge is -2.12. The number of aliphatic hydroxyl groups excluding tert-OH is 1. The lowest BCUT2D eigenvalue weighted by Crippen LogP contribution is -2.26. The largest absolute Gasteiger partial charge is 0.491 e. The first-order valence-corrected chi connectivity index (χ1v) is 4.69. The average molecular weight is 206 g/mol. The van der Waals surface area contributed by atoms with Gasteiger partial charge in [0.15, 0.2) is 0 Å². The van der Waals surface area contributed by atoms with Crippen molar-refractivity contribution in [3.8, 4) is 11.8 Å². The van der Waals surface area contributed by atoms with Crippen molar-refractivity contribution in [1.82, 2.24) is 0 Å². The highest BCUT2D eigenvalue weighted by Crippen LogP contribution is 2.19. The lowest BCUT2D eigenvalue weighted by atomic mass is 10.1. The minimum Gasteiger partial charge on any atom is -0.491 e. The van der Waals surface area contributed by atoms with Crippen LogP contribution in [0.3, 0.4) is 0 Å².